The van der Waals surface area contributed by atoms with E-state index in [1.165, 1.54) is 0 Å². The van der Waals surface area contributed by atoms with Crippen molar-refractivity contribution >= 4 is 6.09 Å². The number of piperidine rings is 1. The first-order valence-electron chi connectivity index (χ1n) is 6.37. The van der Waals surface area contributed by atoms with Crippen molar-refractivity contribution in [3.8, 4) is 0 Å². The highest BCUT2D eigenvalue weighted by Crippen LogP contribution is 2.27. The molecule has 1 aromatic carbocycles. The van der Waals surface area contributed by atoms with Crippen molar-refractivity contribution < 1.29 is 14.6 Å². The van der Waals surface area contributed by atoms with Gasteiger partial charge in [0.2, 0.25) is 0 Å². The predicted molar refractivity (Wildman–Crippen MR) is 68.4 cm³/mol. The fraction of sp³-hybridized carbons (Fsp3) is 0.500. The van der Waals surface area contributed by atoms with Gasteiger partial charge in [-0.2, -0.15) is 0 Å². The van der Waals surface area contributed by atoms with Crippen molar-refractivity contribution in [2.45, 2.75) is 25.4 Å². The average Bonchev–Trinajstić information content (AvgIpc) is 2.40. The molecule has 4 nitrogen and oxygen atoms in total. The quantitative estimate of drug-likeness (QED) is 0.872. The van der Waals surface area contributed by atoms with E-state index in [1.807, 2.05) is 30.3 Å². The first-order valence-corrected chi connectivity index (χ1v) is 6.37. The van der Waals surface area contributed by atoms with Crippen LogP contribution in [0, 0.1) is 0 Å². The number of rotatable bonds is 2. The molecular formula is C14H19NO3. The molecule has 1 fully saturated rings. The number of amides is 1. The summed E-state index contributed by atoms with van der Waals surface area (Å²) < 4.78 is 5.01. The second kappa shape index (κ2) is 5.87. The van der Waals surface area contributed by atoms with Crippen molar-refractivity contribution in [1.29, 1.82) is 0 Å². The second-order valence-electron chi connectivity index (χ2n) is 4.52. The number of likely N-dealkylation sites (tertiary alicyclic amines) is 1. The van der Waals surface area contributed by atoms with Gasteiger partial charge in [0.15, 0.2) is 0 Å². The Morgan fingerprint density at radius 2 is 2.17 bits per heavy atom. The summed E-state index contributed by atoms with van der Waals surface area (Å²) in [5.74, 6) is -0.0237. The molecule has 0 radical (unpaired) electrons. The zero-order chi connectivity index (χ0) is 13.0. The highest BCUT2D eigenvalue weighted by atomic mass is 16.6. The molecule has 4 heteroatoms. The Bertz CT molecular complexity index is 393. The summed E-state index contributed by atoms with van der Waals surface area (Å²) in [5, 5.41) is 10.1. The Morgan fingerprint density at radius 3 is 2.83 bits per heavy atom. The summed E-state index contributed by atoms with van der Waals surface area (Å²) >= 11 is 0. The Kier molecular flexibility index (Phi) is 4.20. The number of ether oxygens (including phenoxy) is 1. The van der Waals surface area contributed by atoms with Gasteiger partial charge in [0, 0.05) is 19.0 Å². The van der Waals surface area contributed by atoms with Crippen LogP contribution in [0.25, 0.3) is 0 Å². The smallest absolute Gasteiger partial charge is 0.409 e. The average molecular weight is 249 g/mol. The van der Waals surface area contributed by atoms with Crippen LogP contribution in [0.2, 0.25) is 0 Å². The predicted octanol–water partition coefficient (Wildman–Crippen LogP) is 1.99. The zero-order valence-corrected chi connectivity index (χ0v) is 10.6. The summed E-state index contributed by atoms with van der Waals surface area (Å²) in [7, 11) is 0. The van der Waals surface area contributed by atoms with E-state index in [4.69, 9.17) is 4.74 Å². The molecule has 0 unspecified atom stereocenters. The third kappa shape index (κ3) is 2.82. The van der Waals surface area contributed by atoms with E-state index in [0.29, 0.717) is 26.1 Å². The van der Waals surface area contributed by atoms with E-state index in [1.54, 1.807) is 11.8 Å². The molecule has 2 atom stereocenters. The lowest BCUT2D eigenvalue weighted by atomic mass is 9.88. The summed E-state index contributed by atoms with van der Waals surface area (Å²) in [6.45, 7) is 3.26. The lowest BCUT2D eigenvalue weighted by molar-refractivity contribution is 0.0467. The van der Waals surface area contributed by atoms with Crippen molar-refractivity contribution in [2.75, 3.05) is 19.7 Å². The Morgan fingerprint density at radius 1 is 1.44 bits per heavy atom. The Hall–Kier alpha value is -1.55. The van der Waals surface area contributed by atoms with E-state index in [0.717, 1.165) is 5.56 Å². The number of aliphatic hydroxyl groups is 1. The molecule has 1 aliphatic heterocycles. The van der Waals surface area contributed by atoms with Crippen molar-refractivity contribution in [1.82, 2.24) is 4.90 Å². The van der Waals surface area contributed by atoms with Crippen molar-refractivity contribution in [3.63, 3.8) is 0 Å². The van der Waals surface area contributed by atoms with Crippen LogP contribution in [-0.4, -0.2) is 41.9 Å². The minimum atomic E-state index is -0.391. The van der Waals surface area contributed by atoms with Crippen LogP contribution >= 0.6 is 0 Å². The normalized spacial score (nSPS) is 23.8. The number of carbonyl (C=O) groups is 1. The van der Waals surface area contributed by atoms with E-state index in [-0.39, 0.29) is 12.0 Å². The van der Waals surface area contributed by atoms with Crippen molar-refractivity contribution in [3.05, 3.63) is 35.9 Å². The molecule has 0 aromatic heterocycles. The lowest BCUT2D eigenvalue weighted by Crippen LogP contribution is -2.45. The van der Waals surface area contributed by atoms with Gasteiger partial charge in [0.1, 0.15) is 0 Å². The van der Waals surface area contributed by atoms with Gasteiger partial charge in [-0.15, -0.1) is 0 Å². The van der Waals surface area contributed by atoms with Gasteiger partial charge >= 0.3 is 6.09 Å². The standard InChI is InChI=1S/C14H19NO3/c1-2-18-14(17)15-9-8-13(16)12(10-15)11-6-4-3-5-7-11/h3-7,12-13,16H,2,8-10H2,1H3/t12-,13-/m0/s1. The van der Waals surface area contributed by atoms with Gasteiger partial charge in [-0.3, -0.25) is 0 Å². The fourth-order valence-corrected chi connectivity index (χ4v) is 2.35. The van der Waals surface area contributed by atoms with Gasteiger partial charge in [-0.25, -0.2) is 4.79 Å². The van der Waals surface area contributed by atoms with E-state index >= 15 is 0 Å². The monoisotopic (exact) mass is 249 g/mol. The van der Waals surface area contributed by atoms with Crippen LogP contribution in [-0.2, 0) is 4.74 Å². The first-order chi connectivity index (χ1) is 8.72. The molecule has 0 saturated carbocycles. The highest BCUT2D eigenvalue weighted by Gasteiger charge is 2.31. The maximum absolute atomic E-state index is 11.7. The molecule has 18 heavy (non-hydrogen) atoms. The van der Waals surface area contributed by atoms with Crippen LogP contribution in [0.3, 0.4) is 0 Å². The lowest BCUT2D eigenvalue weighted by Gasteiger charge is -2.35. The Labute approximate surface area is 107 Å². The molecule has 0 spiro atoms. The first kappa shape index (κ1) is 12.9. The highest BCUT2D eigenvalue weighted by molar-refractivity contribution is 5.67. The van der Waals surface area contributed by atoms with E-state index in [2.05, 4.69) is 0 Å². The number of benzene rings is 1. The number of hydrogen-bond acceptors (Lipinski definition) is 3. The summed E-state index contributed by atoms with van der Waals surface area (Å²) in [6, 6.07) is 9.82. The van der Waals surface area contributed by atoms with Crippen LogP contribution < -0.4 is 0 Å². The number of aliphatic hydroxyl groups excluding tert-OH is 1. The number of hydrogen-bond donors (Lipinski definition) is 1. The van der Waals surface area contributed by atoms with Gasteiger partial charge in [-0.05, 0) is 18.9 Å². The third-order valence-electron chi connectivity index (χ3n) is 3.33. The third-order valence-corrected chi connectivity index (χ3v) is 3.33. The van der Waals surface area contributed by atoms with E-state index in [9.17, 15) is 9.90 Å². The molecule has 1 aromatic rings. The molecule has 0 bridgehead atoms. The van der Waals surface area contributed by atoms with E-state index < -0.39 is 6.10 Å². The van der Waals surface area contributed by atoms with Crippen molar-refractivity contribution in [2.24, 2.45) is 0 Å². The molecule has 2 rings (SSSR count). The molecular weight excluding hydrogens is 230 g/mol. The Balaban J connectivity index is 2.08. The summed E-state index contributed by atoms with van der Waals surface area (Å²) in [4.78, 5) is 13.4. The zero-order valence-electron chi connectivity index (χ0n) is 10.6. The minimum Gasteiger partial charge on any atom is -0.450 e. The molecule has 1 aliphatic rings. The van der Waals surface area contributed by atoms with Crippen LogP contribution in [0.4, 0.5) is 4.79 Å². The maximum atomic E-state index is 11.7. The largest absolute Gasteiger partial charge is 0.450 e. The van der Waals surface area contributed by atoms with Crippen LogP contribution in [0.1, 0.15) is 24.8 Å². The van der Waals surface area contributed by atoms with Gasteiger partial charge < -0.3 is 14.7 Å². The number of nitrogens with zero attached hydrogens (tertiary/aromatic N) is 1. The molecule has 98 valence electrons. The maximum Gasteiger partial charge on any atom is 0.409 e. The molecule has 0 aliphatic carbocycles. The second-order valence-corrected chi connectivity index (χ2v) is 4.52. The van der Waals surface area contributed by atoms with Crippen LogP contribution in [0.15, 0.2) is 30.3 Å². The fourth-order valence-electron chi connectivity index (χ4n) is 2.35. The van der Waals surface area contributed by atoms with Gasteiger partial charge in [0.25, 0.3) is 0 Å². The van der Waals surface area contributed by atoms with Gasteiger partial charge in [-0.1, -0.05) is 30.3 Å². The molecule has 1 amide bonds. The molecule has 1 heterocycles. The molecule has 1 N–H and O–H groups in total. The topological polar surface area (TPSA) is 49.8 Å². The summed E-state index contributed by atoms with van der Waals surface area (Å²) in [6.07, 6.45) is -0.0818. The molecule has 1 saturated heterocycles. The SMILES string of the molecule is CCOC(=O)N1CC[C@H](O)[C@H](c2ccccc2)C1. The summed E-state index contributed by atoms with van der Waals surface area (Å²) in [5.41, 5.74) is 1.07. The van der Waals surface area contributed by atoms with Crippen LogP contribution in [0.5, 0.6) is 0 Å². The van der Waals surface area contributed by atoms with Gasteiger partial charge in [0.05, 0.1) is 12.7 Å². The number of carbonyl (C=O) groups excluding carboxylic acids is 1. The minimum absolute atomic E-state index is 0.0237.